The van der Waals surface area contributed by atoms with E-state index in [9.17, 15) is 9.59 Å². The number of ketones is 1. The summed E-state index contributed by atoms with van der Waals surface area (Å²) in [5, 5.41) is 2.80. The lowest BCUT2D eigenvalue weighted by Gasteiger charge is -2.20. The van der Waals surface area contributed by atoms with Gasteiger partial charge < -0.3 is 10.2 Å². The summed E-state index contributed by atoms with van der Waals surface area (Å²) in [4.78, 5) is 33.2. The first-order chi connectivity index (χ1) is 9.06. The molecule has 1 aromatic heterocycles. The van der Waals surface area contributed by atoms with Crippen LogP contribution in [-0.4, -0.2) is 35.8 Å². The Bertz CT molecular complexity index is 460. The van der Waals surface area contributed by atoms with Gasteiger partial charge in [-0.25, -0.2) is 9.97 Å². The van der Waals surface area contributed by atoms with Gasteiger partial charge in [0.05, 0.1) is 18.1 Å². The molecule has 0 aliphatic heterocycles. The summed E-state index contributed by atoms with van der Waals surface area (Å²) >= 11 is 0. The Labute approximate surface area is 112 Å². The van der Waals surface area contributed by atoms with Gasteiger partial charge in [-0.3, -0.25) is 9.59 Å². The molecule has 0 bridgehead atoms. The zero-order valence-electron chi connectivity index (χ0n) is 11.2. The number of rotatable bonds is 3. The van der Waals surface area contributed by atoms with E-state index in [2.05, 4.69) is 15.3 Å². The Morgan fingerprint density at radius 3 is 2.37 bits per heavy atom. The Morgan fingerprint density at radius 1 is 1.26 bits per heavy atom. The second kappa shape index (κ2) is 5.77. The molecule has 0 unspecified atom stereocenters. The van der Waals surface area contributed by atoms with Gasteiger partial charge in [0.25, 0.3) is 0 Å². The molecule has 2 rings (SSSR count). The molecule has 1 aliphatic carbocycles. The van der Waals surface area contributed by atoms with Gasteiger partial charge in [0.2, 0.25) is 11.9 Å². The van der Waals surface area contributed by atoms with Crippen LogP contribution in [0.1, 0.15) is 25.7 Å². The first kappa shape index (κ1) is 13.5. The van der Waals surface area contributed by atoms with E-state index in [0.717, 1.165) is 0 Å². The van der Waals surface area contributed by atoms with Crippen LogP contribution in [0.15, 0.2) is 12.4 Å². The van der Waals surface area contributed by atoms with E-state index >= 15 is 0 Å². The molecule has 19 heavy (non-hydrogen) atoms. The van der Waals surface area contributed by atoms with Crippen molar-refractivity contribution in [3.63, 3.8) is 0 Å². The summed E-state index contributed by atoms with van der Waals surface area (Å²) in [6, 6.07) is 0. The topological polar surface area (TPSA) is 75.2 Å². The van der Waals surface area contributed by atoms with Crippen molar-refractivity contribution in [1.29, 1.82) is 0 Å². The molecule has 0 radical (unpaired) electrons. The average molecular weight is 262 g/mol. The fraction of sp³-hybridized carbons (Fsp3) is 0.538. The fourth-order valence-electron chi connectivity index (χ4n) is 2.06. The highest BCUT2D eigenvalue weighted by atomic mass is 16.2. The minimum atomic E-state index is -0.0776. The zero-order valence-corrected chi connectivity index (χ0v) is 11.2. The number of hydrogen-bond acceptors (Lipinski definition) is 5. The third-order valence-electron chi connectivity index (χ3n) is 3.22. The van der Waals surface area contributed by atoms with Gasteiger partial charge in [0, 0.05) is 32.9 Å². The number of anilines is 2. The molecule has 1 heterocycles. The number of nitrogens with one attached hydrogen (secondary N) is 1. The lowest BCUT2D eigenvalue weighted by atomic mass is 9.88. The predicted octanol–water partition coefficient (Wildman–Crippen LogP) is 1.24. The second-order valence-corrected chi connectivity index (χ2v) is 4.97. The maximum atomic E-state index is 12.0. The van der Waals surface area contributed by atoms with Crippen molar-refractivity contribution in [3.05, 3.63) is 12.4 Å². The highest BCUT2D eigenvalue weighted by molar-refractivity contribution is 5.93. The second-order valence-electron chi connectivity index (χ2n) is 4.97. The summed E-state index contributed by atoms with van der Waals surface area (Å²) in [6.45, 7) is 0. The molecule has 1 N–H and O–H groups in total. The number of carbonyl (C=O) groups is 2. The van der Waals surface area contributed by atoms with Crippen molar-refractivity contribution in [2.75, 3.05) is 24.3 Å². The minimum absolute atomic E-state index is 0.0475. The summed E-state index contributed by atoms with van der Waals surface area (Å²) < 4.78 is 0. The van der Waals surface area contributed by atoms with Crippen LogP contribution in [0.5, 0.6) is 0 Å². The maximum Gasteiger partial charge on any atom is 0.227 e. The number of carbonyl (C=O) groups excluding carboxylic acids is 2. The molecule has 0 atom stereocenters. The SMILES string of the molecule is CN(C)c1ncc(NC(=O)C2CCC(=O)CC2)cn1. The van der Waals surface area contributed by atoms with E-state index in [1.54, 1.807) is 17.3 Å². The third-order valence-corrected chi connectivity index (χ3v) is 3.22. The van der Waals surface area contributed by atoms with Crippen LogP contribution in [0.4, 0.5) is 11.6 Å². The molecule has 1 amide bonds. The predicted molar refractivity (Wildman–Crippen MR) is 72.0 cm³/mol. The van der Waals surface area contributed by atoms with Gasteiger partial charge in [-0.1, -0.05) is 0 Å². The number of hydrogen-bond donors (Lipinski definition) is 1. The van der Waals surface area contributed by atoms with E-state index in [1.807, 2.05) is 14.1 Å². The maximum absolute atomic E-state index is 12.0. The number of amides is 1. The van der Waals surface area contributed by atoms with Crippen LogP contribution in [0.2, 0.25) is 0 Å². The van der Waals surface area contributed by atoms with E-state index in [0.29, 0.717) is 37.3 Å². The van der Waals surface area contributed by atoms with Crippen molar-refractivity contribution in [3.8, 4) is 0 Å². The Balaban J connectivity index is 1.93. The van der Waals surface area contributed by atoms with Crippen LogP contribution < -0.4 is 10.2 Å². The van der Waals surface area contributed by atoms with Crippen molar-refractivity contribution in [2.45, 2.75) is 25.7 Å². The van der Waals surface area contributed by atoms with E-state index in [4.69, 9.17) is 0 Å². The summed E-state index contributed by atoms with van der Waals surface area (Å²) in [6.07, 6.45) is 5.48. The molecule has 0 spiro atoms. The zero-order chi connectivity index (χ0) is 13.8. The number of Topliss-reactive ketones (excluding diaryl/α,β-unsaturated/α-hetero) is 1. The summed E-state index contributed by atoms with van der Waals surface area (Å²) in [5.41, 5.74) is 0.590. The first-order valence-electron chi connectivity index (χ1n) is 6.38. The molecule has 102 valence electrons. The van der Waals surface area contributed by atoms with Crippen LogP contribution in [0.3, 0.4) is 0 Å². The van der Waals surface area contributed by atoms with Crippen molar-refractivity contribution >= 4 is 23.3 Å². The van der Waals surface area contributed by atoms with Gasteiger partial charge in [0.15, 0.2) is 0 Å². The molecule has 1 saturated carbocycles. The molecule has 0 aromatic carbocycles. The van der Waals surface area contributed by atoms with Gasteiger partial charge in [0.1, 0.15) is 5.78 Å². The van der Waals surface area contributed by atoms with Crippen LogP contribution >= 0.6 is 0 Å². The van der Waals surface area contributed by atoms with Crippen LogP contribution in [-0.2, 0) is 9.59 Å². The molecule has 0 saturated heterocycles. The molecule has 1 aliphatic rings. The lowest BCUT2D eigenvalue weighted by molar-refractivity contribution is -0.125. The van der Waals surface area contributed by atoms with E-state index in [-0.39, 0.29) is 17.6 Å². The third kappa shape index (κ3) is 3.49. The van der Waals surface area contributed by atoms with Gasteiger partial charge in [-0.15, -0.1) is 0 Å². The first-order valence-corrected chi connectivity index (χ1v) is 6.38. The van der Waals surface area contributed by atoms with Gasteiger partial charge in [-0.05, 0) is 12.8 Å². The molecular weight excluding hydrogens is 244 g/mol. The van der Waals surface area contributed by atoms with Crippen LogP contribution in [0, 0.1) is 5.92 Å². The standard InChI is InChI=1S/C13H18N4O2/c1-17(2)13-14-7-10(8-15-13)16-12(19)9-3-5-11(18)6-4-9/h7-9H,3-6H2,1-2H3,(H,16,19). The molecule has 6 heteroatoms. The Kier molecular flexibility index (Phi) is 4.09. The normalized spacial score (nSPS) is 16.2. The highest BCUT2D eigenvalue weighted by Crippen LogP contribution is 2.22. The Hall–Kier alpha value is -1.98. The monoisotopic (exact) mass is 262 g/mol. The smallest absolute Gasteiger partial charge is 0.227 e. The molecule has 6 nitrogen and oxygen atoms in total. The quantitative estimate of drug-likeness (QED) is 0.887. The number of nitrogens with zero attached hydrogens (tertiary/aromatic N) is 3. The lowest BCUT2D eigenvalue weighted by Crippen LogP contribution is -2.27. The Morgan fingerprint density at radius 2 is 1.84 bits per heavy atom. The molecule has 1 aromatic rings. The minimum Gasteiger partial charge on any atom is -0.347 e. The van der Waals surface area contributed by atoms with Crippen molar-refractivity contribution in [2.24, 2.45) is 5.92 Å². The highest BCUT2D eigenvalue weighted by Gasteiger charge is 2.24. The largest absolute Gasteiger partial charge is 0.347 e. The van der Waals surface area contributed by atoms with Gasteiger partial charge in [-0.2, -0.15) is 0 Å². The summed E-state index contributed by atoms with van der Waals surface area (Å²) in [5.74, 6) is 0.726. The van der Waals surface area contributed by atoms with Crippen molar-refractivity contribution < 1.29 is 9.59 Å². The summed E-state index contributed by atoms with van der Waals surface area (Å²) in [7, 11) is 3.71. The molecular formula is C13H18N4O2. The number of aromatic nitrogens is 2. The average Bonchev–Trinajstić information content (AvgIpc) is 2.40. The van der Waals surface area contributed by atoms with Crippen LogP contribution in [0.25, 0.3) is 0 Å². The van der Waals surface area contributed by atoms with Crippen molar-refractivity contribution in [1.82, 2.24) is 9.97 Å². The fourth-order valence-corrected chi connectivity index (χ4v) is 2.06. The van der Waals surface area contributed by atoms with E-state index in [1.165, 1.54) is 0 Å². The van der Waals surface area contributed by atoms with E-state index < -0.39 is 0 Å². The van der Waals surface area contributed by atoms with Gasteiger partial charge >= 0.3 is 0 Å². The molecule has 1 fully saturated rings.